The van der Waals surface area contributed by atoms with Gasteiger partial charge in [-0.25, -0.2) is 14.8 Å². The number of aryl methyl sites for hydroxylation is 3. The number of aromatic nitrogens is 5. The van der Waals surface area contributed by atoms with Gasteiger partial charge in [-0.3, -0.25) is 34.2 Å². The quantitative estimate of drug-likeness (QED) is 0.202. The van der Waals surface area contributed by atoms with E-state index in [1.807, 2.05) is 49.1 Å². The molecule has 0 radical (unpaired) electrons. The van der Waals surface area contributed by atoms with Gasteiger partial charge in [0.25, 0.3) is 5.91 Å². The van der Waals surface area contributed by atoms with E-state index in [0.717, 1.165) is 38.8 Å². The largest absolute Gasteiger partial charge is 0.487 e. The third-order valence-corrected chi connectivity index (χ3v) is 13.5. The van der Waals surface area contributed by atoms with Gasteiger partial charge in [-0.2, -0.15) is 0 Å². The first-order valence-corrected chi connectivity index (χ1v) is 22.0. The zero-order valence-corrected chi connectivity index (χ0v) is 36.5. The molecule has 3 aromatic heterocycles. The van der Waals surface area contributed by atoms with Crippen molar-refractivity contribution in [2.24, 2.45) is 4.99 Å². The predicted molar refractivity (Wildman–Crippen MR) is 235 cm³/mol. The molecule has 3 saturated heterocycles. The van der Waals surface area contributed by atoms with Crippen LogP contribution in [0.5, 0.6) is 5.75 Å². The number of imide groups is 1. The van der Waals surface area contributed by atoms with Gasteiger partial charge in [0.15, 0.2) is 11.6 Å². The Hall–Kier alpha value is -6.20. The second-order valence-electron chi connectivity index (χ2n) is 16.1. The van der Waals surface area contributed by atoms with Gasteiger partial charge in [0, 0.05) is 97.4 Å². The molecule has 5 amide bonds. The van der Waals surface area contributed by atoms with Crippen LogP contribution < -0.4 is 19.9 Å². The first kappa shape index (κ1) is 41.2. The number of amides is 5. The number of carbonyl (C=O) groups excluding carboxylic acids is 4. The smallest absolute Gasteiger partial charge is 0.328 e. The summed E-state index contributed by atoms with van der Waals surface area (Å²) in [6.07, 6.45) is 4.88. The first-order chi connectivity index (χ1) is 29.9. The van der Waals surface area contributed by atoms with E-state index < -0.39 is 12.1 Å². The van der Waals surface area contributed by atoms with Crippen LogP contribution in [0.2, 0.25) is 5.02 Å². The molecule has 9 rings (SSSR count). The molecule has 16 nitrogen and oxygen atoms in total. The summed E-state index contributed by atoms with van der Waals surface area (Å²) in [4.78, 5) is 74.6. The Kier molecular flexibility index (Phi) is 11.2. The van der Waals surface area contributed by atoms with Crippen molar-refractivity contribution < 1.29 is 23.9 Å². The van der Waals surface area contributed by atoms with Gasteiger partial charge in [0.2, 0.25) is 17.8 Å². The van der Waals surface area contributed by atoms with Crippen molar-refractivity contribution in [3.8, 4) is 10.8 Å². The fourth-order valence-corrected chi connectivity index (χ4v) is 9.84. The highest BCUT2D eigenvalue weighted by atomic mass is 35.5. The van der Waals surface area contributed by atoms with Crippen LogP contribution in [0.3, 0.4) is 0 Å². The maximum atomic E-state index is 14.0. The number of halogens is 1. The molecule has 1 N–H and O–H groups in total. The highest BCUT2D eigenvalue weighted by Crippen LogP contribution is 2.40. The normalized spacial score (nSPS) is 18.2. The number of nitrogens with one attached hydrogen (secondary N) is 1. The number of aliphatic imine (C=N–C) groups is 1. The van der Waals surface area contributed by atoms with Gasteiger partial charge in [0.05, 0.1) is 24.5 Å². The van der Waals surface area contributed by atoms with E-state index in [0.29, 0.717) is 85.9 Å². The lowest BCUT2D eigenvalue weighted by Crippen LogP contribution is -2.50. The Morgan fingerprint density at radius 2 is 1.61 bits per heavy atom. The number of nitrogens with zero attached hydrogens (tertiary/aromatic N) is 10. The van der Waals surface area contributed by atoms with Crippen LogP contribution >= 0.6 is 22.9 Å². The number of thiophene rings is 1. The molecule has 3 fully saturated rings. The molecule has 0 aliphatic carbocycles. The number of ether oxygens (including phenoxy) is 1. The summed E-state index contributed by atoms with van der Waals surface area (Å²) in [5, 5.41) is 13.0. The molecular formula is C44H46ClN11O5S. The monoisotopic (exact) mass is 875 g/mol. The number of hydrogen-bond acceptors (Lipinski definition) is 12. The third kappa shape index (κ3) is 8.01. The Balaban J connectivity index is 0.794. The summed E-state index contributed by atoms with van der Waals surface area (Å²) in [6, 6.07) is 12.0. The topological polar surface area (TPSA) is 171 Å². The van der Waals surface area contributed by atoms with Gasteiger partial charge >= 0.3 is 6.03 Å². The number of carbonyl (C=O) groups is 4. The average molecular weight is 876 g/mol. The maximum absolute atomic E-state index is 14.0. The first-order valence-electron chi connectivity index (χ1n) is 20.8. The fraction of sp³-hybridized carbons (Fsp3) is 0.386. The van der Waals surface area contributed by atoms with E-state index >= 15 is 0 Å². The van der Waals surface area contributed by atoms with Crippen LogP contribution in [0.15, 0.2) is 59.9 Å². The Morgan fingerprint density at radius 1 is 0.887 bits per heavy atom. The van der Waals surface area contributed by atoms with Crippen LogP contribution in [-0.4, -0.2) is 116 Å². The highest BCUT2D eigenvalue weighted by molar-refractivity contribution is 7.15. The van der Waals surface area contributed by atoms with Crippen LogP contribution in [0.25, 0.3) is 5.00 Å². The van der Waals surface area contributed by atoms with Crippen molar-refractivity contribution in [2.45, 2.75) is 65.5 Å². The minimum atomic E-state index is -0.540. The second kappa shape index (κ2) is 16.9. The van der Waals surface area contributed by atoms with Gasteiger partial charge < -0.3 is 19.4 Å². The average Bonchev–Trinajstić information content (AvgIpc) is 3.76. The fourth-order valence-electron chi connectivity index (χ4n) is 8.50. The predicted octanol–water partition coefficient (Wildman–Crippen LogP) is 5.77. The van der Waals surface area contributed by atoms with E-state index in [9.17, 15) is 19.2 Å². The molecule has 320 valence electrons. The van der Waals surface area contributed by atoms with Crippen molar-refractivity contribution in [3.63, 3.8) is 0 Å². The highest BCUT2D eigenvalue weighted by Gasteiger charge is 2.35. The third-order valence-electron chi connectivity index (χ3n) is 12.1. The van der Waals surface area contributed by atoms with Crippen molar-refractivity contribution in [2.75, 3.05) is 55.6 Å². The number of piperidine rings is 1. The van der Waals surface area contributed by atoms with Crippen LogP contribution in [-0.2, 0) is 9.59 Å². The molecule has 0 spiro atoms. The van der Waals surface area contributed by atoms with Gasteiger partial charge in [0.1, 0.15) is 23.0 Å². The SMILES string of the molecule is Cc1ccc(C(=O)N2CCC(Oc3cnc(N4CCN(C(=O)C[C@@H]5N=C(c6ccc(Cl)cc6)c6c(sc(C)c6C)-n6c(C)nnc65)CC4)nc3)CC2)cc1N1CCC(=O)NC1=O. The lowest BCUT2D eigenvalue weighted by molar-refractivity contribution is -0.132. The Morgan fingerprint density at radius 3 is 2.32 bits per heavy atom. The van der Waals surface area contributed by atoms with Crippen LogP contribution in [0.1, 0.15) is 80.9 Å². The number of rotatable bonds is 8. The molecule has 18 heteroatoms. The van der Waals surface area contributed by atoms with Crippen molar-refractivity contribution >= 4 is 64.0 Å². The summed E-state index contributed by atoms with van der Waals surface area (Å²) in [6.45, 7) is 11.5. The summed E-state index contributed by atoms with van der Waals surface area (Å²) in [7, 11) is 0. The number of benzene rings is 2. The summed E-state index contributed by atoms with van der Waals surface area (Å²) in [5.74, 6) is 2.09. The van der Waals surface area contributed by atoms with E-state index in [1.54, 1.807) is 40.8 Å². The number of urea groups is 1. The number of hydrogen-bond donors (Lipinski definition) is 1. The second-order valence-corrected chi connectivity index (χ2v) is 17.7. The summed E-state index contributed by atoms with van der Waals surface area (Å²) >= 11 is 7.95. The molecule has 7 heterocycles. The molecule has 62 heavy (non-hydrogen) atoms. The Labute approximate surface area is 367 Å². The Bertz CT molecular complexity index is 2590. The zero-order valence-electron chi connectivity index (χ0n) is 34.9. The van der Waals surface area contributed by atoms with Gasteiger partial charge in [-0.05, 0) is 63.1 Å². The number of fused-ring (bicyclic) bond motifs is 3. The van der Waals surface area contributed by atoms with Gasteiger partial charge in [-0.1, -0.05) is 29.8 Å². The summed E-state index contributed by atoms with van der Waals surface area (Å²) in [5.41, 5.74) is 5.86. The van der Waals surface area contributed by atoms with Crippen LogP contribution in [0, 0.1) is 27.7 Å². The molecule has 0 bridgehead atoms. The standard InChI is InChI=1S/C44H46ClN11O5S/c1-25-5-6-30(21-35(25)55-16-13-36(57)49-44(55)60)41(59)53-14-11-32(12-15-53)61-33-23-46-43(47-24-33)54-19-17-52(18-20-54)37(58)22-34-40-51-50-28(4)56(40)42-38(26(2)27(3)62-42)39(48-34)29-7-9-31(45)10-8-29/h5-10,21,23-24,32,34H,11-20,22H2,1-4H3,(H,49,57,60)/t34-/m0/s1. The van der Waals surface area contributed by atoms with Crippen molar-refractivity contribution in [1.82, 2.24) is 39.8 Å². The lowest BCUT2D eigenvalue weighted by Gasteiger charge is -2.35. The van der Waals surface area contributed by atoms with E-state index in [-0.39, 0.29) is 43.2 Å². The molecule has 0 unspecified atom stereocenters. The molecule has 1 atom stereocenters. The minimum Gasteiger partial charge on any atom is -0.487 e. The molecular weight excluding hydrogens is 830 g/mol. The minimum absolute atomic E-state index is 0.00882. The van der Waals surface area contributed by atoms with Crippen molar-refractivity contribution in [1.29, 1.82) is 0 Å². The summed E-state index contributed by atoms with van der Waals surface area (Å²) < 4.78 is 8.31. The number of anilines is 2. The van der Waals surface area contributed by atoms with E-state index in [4.69, 9.17) is 21.3 Å². The molecule has 4 aliphatic heterocycles. The molecule has 2 aromatic carbocycles. The zero-order chi connectivity index (χ0) is 43.2. The molecule has 5 aromatic rings. The number of likely N-dealkylation sites (tertiary alicyclic amines) is 1. The van der Waals surface area contributed by atoms with E-state index in [2.05, 4.69) is 48.8 Å². The van der Waals surface area contributed by atoms with Gasteiger partial charge in [-0.15, -0.1) is 21.5 Å². The number of piperazine rings is 1. The maximum Gasteiger partial charge on any atom is 0.328 e. The molecule has 0 saturated carbocycles. The van der Waals surface area contributed by atoms with Crippen molar-refractivity contribution in [3.05, 3.63) is 104 Å². The van der Waals surface area contributed by atoms with Crippen LogP contribution in [0.4, 0.5) is 16.4 Å². The molecule has 4 aliphatic rings. The van der Waals surface area contributed by atoms with E-state index in [1.165, 1.54) is 9.78 Å². The lowest BCUT2D eigenvalue weighted by atomic mass is 9.99.